The topological polar surface area (TPSA) is 61.4 Å². The number of aromatic nitrogens is 2. The zero-order valence-electron chi connectivity index (χ0n) is 12.5. The highest BCUT2D eigenvalue weighted by molar-refractivity contribution is 5.23. The first kappa shape index (κ1) is 15.0. The van der Waals surface area contributed by atoms with Gasteiger partial charge in [0.1, 0.15) is 23.3 Å². The van der Waals surface area contributed by atoms with Crippen LogP contribution in [-0.2, 0) is 6.54 Å². The summed E-state index contributed by atoms with van der Waals surface area (Å²) in [6, 6.07) is 7.94. The Labute approximate surface area is 128 Å². The average Bonchev–Trinajstić information content (AvgIpc) is 2.96. The lowest BCUT2D eigenvalue weighted by Crippen LogP contribution is -2.56. The van der Waals surface area contributed by atoms with E-state index in [1.54, 1.807) is 25.3 Å². The van der Waals surface area contributed by atoms with Crippen molar-refractivity contribution in [2.24, 2.45) is 0 Å². The molecule has 1 aromatic carbocycles. The van der Waals surface area contributed by atoms with Crippen LogP contribution in [0.1, 0.15) is 19.0 Å². The molecule has 1 fully saturated rings. The molecule has 5 nitrogen and oxygen atoms in total. The van der Waals surface area contributed by atoms with Crippen LogP contribution in [0.25, 0.3) is 0 Å². The van der Waals surface area contributed by atoms with Crippen molar-refractivity contribution in [3.8, 4) is 5.75 Å². The minimum atomic E-state index is -0.934. The number of ether oxygens (including phenoxy) is 1. The SMILES string of the molecule is C[C@@]1(O)CCN(Cc2ccn[nH]2)C[C@H]1Oc1cccc(F)c1. The molecular formula is C16H20FN3O2. The van der Waals surface area contributed by atoms with Gasteiger partial charge in [-0.05, 0) is 31.5 Å². The molecule has 1 aliphatic heterocycles. The van der Waals surface area contributed by atoms with E-state index in [1.165, 1.54) is 12.1 Å². The van der Waals surface area contributed by atoms with Crippen LogP contribution >= 0.6 is 0 Å². The molecule has 0 bridgehead atoms. The standard InChI is InChI=1S/C16H20FN3O2/c1-16(21)6-8-20(10-13-5-7-18-19-13)11-15(16)22-14-4-2-3-12(17)9-14/h2-5,7,9,15,21H,6,8,10-11H2,1H3,(H,18,19)/t15-,16-/m1/s1. The van der Waals surface area contributed by atoms with E-state index in [9.17, 15) is 9.50 Å². The molecule has 1 aliphatic rings. The molecule has 0 spiro atoms. The molecule has 0 radical (unpaired) electrons. The number of piperidine rings is 1. The van der Waals surface area contributed by atoms with Crippen molar-refractivity contribution in [1.82, 2.24) is 15.1 Å². The van der Waals surface area contributed by atoms with Gasteiger partial charge in [-0.15, -0.1) is 0 Å². The fraction of sp³-hybridized carbons (Fsp3) is 0.438. The first-order valence-electron chi connectivity index (χ1n) is 7.38. The molecule has 0 aliphatic carbocycles. The largest absolute Gasteiger partial charge is 0.486 e. The van der Waals surface area contributed by atoms with Gasteiger partial charge in [-0.3, -0.25) is 10.00 Å². The number of benzene rings is 1. The van der Waals surface area contributed by atoms with E-state index in [0.29, 0.717) is 18.7 Å². The molecule has 0 amide bonds. The number of hydrogen-bond donors (Lipinski definition) is 2. The normalized spacial score (nSPS) is 26.0. The Morgan fingerprint density at radius 1 is 1.50 bits per heavy atom. The average molecular weight is 305 g/mol. The van der Waals surface area contributed by atoms with Crippen molar-refractivity contribution in [3.05, 3.63) is 48.0 Å². The van der Waals surface area contributed by atoms with Gasteiger partial charge in [-0.2, -0.15) is 5.10 Å². The summed E-state index contributed by atoms with van der Waals surface area (Å²) in [6.07, 6.45) is 1.91. The van der Waals surface area contributed by atoms with Crippen LogP contribution in [0, 0.1) is 5.82 Å². The van der Waals surface area contributed by atoms with Gasteiger partial charge >= 0.3 is 0 Å². The molecule has 0 saturated carbocycles. The van der Waals surface area contributed by atoms with Crippen molar-refractivity contribution >= 4 is 0 Å². The van der Waals surface area contributed by atoms with Gasteiger partial charge in [-0.1, -0.05) is 6.07 Å². The van der Waals surface area contributed by atoms with Crippen LogP contribution < -0.4 is 4.74 Å². The fourth-order valence-corrected chi connectivity index (χ4v) is 2.69. The summed E-state index contributed by atoms with van der Waals surface area (Å²) in [5, 5.41) is 17.4. The van der Waals surface area contributed by atoms with E-state index < -0.39 is 11.7 Å². The van der Waals surface area contributed by atoms with Crippen molar-refractivity contribution < 1.29 is 14.2 Å². The maximum atomic E-state index is 13.3. The molecule has 118 valence electrons. The molecule has 22 heavy (non-hydrogen) atoms. The van der Waals surface area contributed by atoms with Gasteiger partial charge in [0.15, 0.2) is 0 Å². The molecule has 2 N–H and O–H groups in total. The minimum absolute atomic E-state index is 0.345. The lowest BCUT2D eigenvalue weighted by atomic mass is 9.90. The number of nitrogens with zero attached hydrogens (tertiary/aromatic N) is 2. The van der Waals surface area contributed by atoms with Crippen LogP contribution in [0.15, 0.2) is 36.5 Å². The molecule has 2 atom stereocenters. The minimum Gasteiger partial charge on any atom is -0.486 e. The highest BCUT2D eigenvalue weighted by Gasteiger charge is 2.39. The third-order valence-electron chi connectivity index (χ3n) is 4.08. The maximum absolute atomic E-state index is 13.3. The molecule has 3 rings (SSSR count). The van der Waals surface area contributed by atoms with E-state index in [2.05, 4.69) is 15.1 Å². The molecule has 6 heteroatoms. The maximum Gasteiger partial charge on any atom is 0.140 e. The van der Waals surface area contributed by atoms with Crippen molar-refractivity contribution in [1.29, 1.82) is 0 Å². The predicted octanol–water partition coefficient (Wildman–Crippen LogP) is 1.95. The Morgan fingerprint density at radius 2 is 2.36 bits per heavy atom. The van der Waals surface area contributed by atoms with Crippen LogP contribution in [0.5, 0.6) is 5.75 Å². The van der Waals surface area contributed by atoms with Crippen LogP contribution in [0.4, 0.5) is 4.39 Å². The highest BCUT2D eigenvalue weighted by Crippen LogP contribution is 2.27. The third kappa shape index (κ3) is 3.45. The number of aliphatic hydroxyl groups is 1. The Hall–Kier alpha value is -1.92. The smallest absolute Gasteiger partial charge is 0.140 e. The number of aromatic amines is 1. The van der Waals surface area contributed by atoms with Gasteiger partial charge in [0.25, 0.3) is 0 Å². The van der Waals surface area contributed by atoms with E-state index in [1.807, 2.05) is 6.07 Å². The van der Waals surface area contributed by atoms with E-state index >= 15 is 0 Å². The summed E-state index contributed by atoms with van der Waals surface area (Å²) in [4.78, 5) is 2.19. The van der Waals surface area contributed by atoms with Crippen molar-refractivity contribution in [2.45, 2.75) is 31.6 Å². The number of likely N-dealkylation sites (tertiary alicyclic amines) is 1. The highest BCUT2D eigenvalue weighted by atomic mass is 19.1. The third-order valence-corrected chi connectivity index (χ3v) is 4.08. The second-order valence-corrected chi connectivity index (χ2v) is 5.99. The first-order valence-corrected chi connectivity index (χ1v) is 7.38. The van der Waals surface area contributed by atoms with Gasteiger partial charge in [0, 0.05) is 37.6 Å². The van der Waals surface area contributed by atoms with Crippen molar-refractivity contribution in [3.63, 3.8) is 0 Å². The summed E-state index contributed by atoms with van der Waals surface area (Å²) in [7, 11) is 0. The Balaban J connectivity index is 1.69. The van der Waals surface area contributed by atoms with Crippen molar-refractivity contribution in [2.75, 3.05) is 13.1 Å². The Kier molecular flexibility index (Phi) is 4.13. The summed E-state index contributed by atoms with van der Waals surface area (Å²) in [5.74, 6) is 0.0935. The molecular weight excluding hydrogens is 285 g/mol. The zero-order chi connectivity index (χ0) is 15.6. The van der Waals surface area contributed by atoms with Gasteiger partial charge in [0.05, 0.1) is 0 Å². The van der Waals surface area contributed by atoms with Crippen LogP contribution in [0.2, 0.25) is 0 Å². The van der Waals surface area contributed by atoms with E-state index in [4.69, 9.17) is 4.74 Å². The molecule has 1 aromatic heterocycles. The summed E-state index contributed by atoms with van der Waals surface area (Å²) in [6.45, 7) is 3.83. The van der Waals surface area contributed by atoms with Gasteiger partial charge in [0.2, 0.25) is 0 Å². The summed E-state index contributed by atoms with van der Waals surface area (Å²) < 4.78 is 19.1. The number of rotatable bonds is 4. The number of halogens is 1. The number of H-pyrrole nitrogens is 1. The molecule has 2 heterocycles. The van der Waals surface area contributed by atoms with E-state index in [0.717, 1.165) is 18.8 Å². The van der Waals surface area contributed by atoms with Crippen LogP contribution in [-0.4, -0.2) is 45.0 Å². The molecule has 0 unspecified atom stereocenters. The second kappa shape index (κ2) is 6.06. The predicted molar refractivity (Wildman–Crippen MR) is 79.9 cm³/mol. The lowest BCUT2D eigenvalue weighted by Gasteiger charge is -2.42. The fourth-order valence-electron chi connectivity index (χ4n) is 2.69. The van der Waals surface area contributed by atoms with E-state index in [-0.39, 0.29) is 5.82 Å². The number of hydrogen-bond acceptors (Lipinski definition) is 4. The monoisotopic (exact) mass is 305 g/mol. The summed E-state index contributed by atoms with van der Waals surface area (Å²) in [5.41, 5.74) is 0.0858. The first-order chi connectivity index (χ1) is 10.5. The zero-order valence-corrected chi connectivity index (χ0v) is 12.5. The second-order valence-electron chi connectivity index (χ2n) is 5.99. The lowest BCUT2D eigenvalue weighted by molar-refractivity contribution is -0.0967. The Morgan fingerprint density at radius 3 is 3.09 bits per heavy atom. The van der Waals surface area contributed by atoms with Gasteiger partial charge < -0.3 is 9.84 Å². The van der Waals surface area contributed by atoms with Crippen LogP contribution in [0.3, 0.4) is 0 Å². The Bertz CT molecular complexity index is 616. The van der Waals surface area contributed by atoms with Gasteiger partial charge in [-0.25, -0.2) is 4.39 Å². The summed E-state index contributed by atoms with van der Waals surface area (Å²) >= 11 is 0. The number of nitrogens with one attached hydrogen (secondary N) is 1. The quantitative estimate of drug-likeness (QED) is 0.906. The molecule has 2 aromatic rings. The molecule has 1 saturated heterocycles.